The third kappa shape index (κ3) is 1.54. The van der Waals surface area contributed by atoms with Crippen molar-refractivity contribution in [2.75, 3.05) is 18.1 Å². The molecule has 2 rings (SSSR count). The third-order valence-electron chi connectivity index (χ3n) is 2.69. The molecule has 0 radical (unpaired) electrons. The quantitative estimate of drug-likeness (QED) is 0.670. The van der Waals surface area contributed by atoms with Gasteiger partial charge in [-0.15, -0.1) is 11.8 Å². The minimum absolute atomic E-state index is 0.194. The van der Waals surface area contributed by atoms with Crippen LogP contribution in [0.1, 0.15) is 13.8 Å². The summed E-state index contributed by atoms with van der Waals surface area (Å²) in [6.45, 7) is 5.02. The van der Waals surface area contributed by atoms with Gasteiger partial charge in [0.1, 0.15) is 0 Å². The lowest BCUT2D eigenvalue weighted by molar-refractivity contribution is -0.118. The highest BCUT2D eigenvalue weighted by molar-refractivity contribution is 8.15. The van der Waals surface area contributed by atoms with Crippen molar-refractivity contribution < 1.29 is 4.79 Å². The summed E-state index contributed by atoms with van der Waals surface area (Å²) in [6, 6.07) is 0. The molecular weight excluding hydrogens is 202 g/mol. The minimum atomic E-state index is -0.194. The molecule has 1 unspecified atom stereocenters. The second kappa shape index (κ2) is 3.31. The molecule has 0 N–H and O–H groups in total. The van der Waals surface area contributed by atoms with E-state index in [1.165, 1.54) is 16.8 Å². The Morgan fingerprint density at radius 1 is 1.46 bits per heavy atom. The highest BCUT2D eigenvalue weighted by Gasteiger charge is 2.46. The molecule has 0 aliphatic carbocycles. The van der Waals surface area contributed by atoms with E-state index in [2.05, 4.69) is 4.99 Å². The highest BCUT2D eigenvalue weighted by atomic mass is 32.2. The molecule has 2 aliphatic heterocycles. The van der Waals surface area contributed by atoms with E-state index in [1.54, 1.807) is 0 Å². The molecule has 2 nitrogen and oxygen atoms in total. The van der Waals surface area contributed by atoms with Crippen LogP contribution in [-0.4, -0.2) is 28.2 Å². The van der Waals surface area contributed by atoms with Gasteiger partial charge in [0.15, 0.2) is 5.12 Å². The molecule has 0 saturated carbocycles. The van der Waals surface area contributed by atoms with E-state index in [1.807, 2.05) is 25.6 Å². The Morgan fingerprint density at radius 2 is 2.23 bits per heavy atom. The summed E-state index contributed by atoms with van der Waals surface area (Å²) < 4.78 is 0. The van der Waals surface area contributed by atoms with Crippen molar-refractivity contribution in [2.45, 2.75) is 13.8 Å². The van der Waals surface area contributed by atoms with Gasteiger partial charge >= 0.3 is 0 Å². The van der Waals surface area contributed by atoms with Crippen molar-refractivity contribution in [3.8, 4) is 0 Å². The maximum absolute atomic E-state index is 11.6. The van der Waals surface area contributed by atoms with E-state index in [4.69, 9.17) is 0 Å². The van der Waals surface area contributed by atoms with Crippen LogP contribution in [0, 0.1) is 11.3 Å². The van der Waals surface area contributed by atoms with Gasteiger partial charge in [0, 0.05) is 29.4 Å². The summed E-state index contributed by atoms with van der Waals surface area (Å²) in [5.41, 5.74) is -0.194. The molecule has 0 bridgehead atoms. The van der Waals surface area contributed by atoms with E-state index in [-0.39, 0.29) is 5.41 Å². The van der Waals surface area contributed by atoms with E-state index in [0.717, 1.165) is 18.1 Å². The molecule has 72 valence electrons. The number of hydrogen-bond acceptors (Lipinski definition) is 4. The first kappa shape index (κ1) is 9.59. The van der Waals surface area contributed by atoms with Crippen molar-refractivity contribution in [3.05, 3.63) is 0 Å². The summed E-state index contributed by atoms with van der Waals surface area (Å²) in [4.78, 5) is 16.0. The number of rotatable bonds is 1. The topological polar surface area (TPSA) is 29.4 Å². The number of aliphatic imine (C=N–C) groups is 1. The van der Waals surface area contributed by atoms with Crippen molar-refractivity contribution >= 4 is 33.7 Å². The van der Waals surface area contributed by atoms with Crippen LogP contribution in [-0.2, 0) is 4.79 Å². The zero-order valence-electron chi connectivity index (χ0n) is 7.87. The predicted molar refractivity (Wildman–Crippen MR) is 59.5 cm³/mol. The highest BCUT2D eigenvalue weighted by Crippen LogP contribution is 2.45. The maximum atomic E-state index is 11.6. The molecule has 1 saturated heterocycles. The van der Waals surface area contributed by atoms with Crippen LogP contribution in [0.2, 0.25) is 0 Å². The third-order valence-corrected chi connectivity index (χ3v) is 5.07. The van der Waals surface area contributed by atoms with Gasteiger partial charge < -0.3 is 0 Å². The monoisotopic (exact) mass is 215 g/mol. The Balaban J connectivity index is 2.20. The van der Waals surface area contributed by atoms with Crippen molar-refractivity contribution in [1.29, 1.82) is 0 Å². The van der Waals surface area contributed by atoms with Gasteiger partial charge in [-0.3, -0.25) is 9.79 Å². The Bertz CT molecular complexity index is 273. The fourth-order valence-electron chi connectivity index (χ4n) is 1.64. The lowest BCUT2D eigenvalue weighted by Crippen LogP contribution is -2.29. The standard InChI is InChI=1S/C9H13NOS2/c1-9(2)6(5-13-8(9)11)7-10-3-4-12-7/h6H,3-5H2,1-2H3. The van der Waals surface area contributed by atoms with Crippen molar-refractivity contribution in [1.82, 2.24) is 0 Å². The van der Waals surface area contributed by atoms with E-state index >= 15 is 0 Å². The number of hydrogen-bond donors (Lipinski definition) is 0. The number of carbonyl (C=O) groups is 1. The van der Waals surface area contributed by atoms with Crippen LogP contribution in [0.15, 0.2) is 4.99 Å². The van der Waals surface area contributed by atoms with Crippen LogP contribution >= 0.6 is 23.5 Å². The molecule has 0 spiro atoms. The average molecular weight is 215 g/mol. The average Bonchev–Trinajstić information content (AvgIpc) is 2.62. The molecule has 1 atom stereocenters. The zero-order valence-corrected chi connectivity index (χ0v) is 9.50. The van der Waals surface area contributed by atoms with Gasteiger partial charge in [0.2, 0.25) is 0 Å². The first-order chi connectivity index (χ1) is 6.12. The van der Waals surface area contributed by atoms with Gasteiger partial charge in [0.05, 0.1) is 5.04 Å². The van der Waals surface area contributed by atoms with Crippen LogP contribution in [0.25, 0.3) is 0 Å². The number of carbonyl (C=O) groups excluding carboxylic acids is 1. The lowest BCUT2D eigenvalue weighted by Gasteiger charge is -2.23. The minimum Gasteiger partial charge on any atom is -0.287 e. The number of thioether (sulfide) groups is 2. The molecule has 0 amide bonds. The summed E-state index contributed by atoms with van der Waals surface area (Å²) in [5.74, 6) is 2.40. The molecule has 0 aromatic carbocycles. The first-order valence-electron chi connectivity index (χ1n) is 4.47. The van der Waals surface area contributed by atoms with Crippen LogP contribution in [0.4, 0.5) is 0 Å². The number of nitrogens with zero attached hydrogens (tertiary/aromatic N) is 1. The van der Waals surface area contributed by atoms with Gasteiger partial charge in [-0.2, -0.15) is 0 Å². The zero-order chi connectivity index (χ0) is 9.47. The van der Waals surface area contributed by atoms with Crippen molar-refractivity contribution in [2.24, 2.45) is 16.3 Å². The largest absolute Gasteiger partial charge is 0.287 e. The second-order valence-electron chi connectivity index (χ2n) is 3.94. The molecular formula is C9H13NOS2. The summed E-state index contributed by atoms with van der Waals surface area (Å²) in [6.07, 6.45) is 0. The van der Waals surface area contributed by atoms with Gasteiger partial charge in [-0.1, -0.05) is 25.6 Å². The second-order valence-corrected chi connectivity index (χ2v) is 6.05. The van der Waals surface area contributed by atoms with Crippen molar-refractivity contribution in [3.63, 3.8) is 0 Å². The smallest absolute Gasteiger partial charge is 0.195 e. The van der Waals surface area contributed by atoms with Crippen LogP contribution in [0.5, 0.6) is 0 Å². The lowest BCUT2D eigenvalue weighted by atomic mass is 9.82. The molecule has 2 aliphatic rings. The molecule has 0 aromatic heterocycles. The van der Waals surface area contributed by atoms with Gasteiger partial charge in [-0.05, 0) is 0 Å². The van der Waals surface area contributed by atoms with Gasteiger partial charge in [0.25, 0.3) is 0 Å². The molecule has 2 heterocycles. The van der Waals surface area contributed by atoms with Crippen LogP contribution in [0.3, 0.4) is 0 Å². The fraction of sp³-hybridized carbons (Fsp3) is 0.778. The Kier molecular flexibility index (Phi) is 2.45. The Labute approximate surface area is 87.0 Å². The van der Waals surface area contributed by atoms with E-state index in [9.17, 15) is 4.79 Å². The normalized spacial score (nSPS) is 32.3. The van der Waals surface area contributed by atoms with Gasteiger partial charge in [-0.25, -0.2) is 0 Å². The summed E-state index contributed by atoms with van der Waals surface area (Å²) in [7, 11) is 0. The maximum Gasteiger partial charge on any atom is 0.195 e. The Hall–Kier alpha value is 0.0400. The Morgan fingerprint density at radius 3 is 2.69 bits per heavy atom. The molecule has 13 heavy (non-hydrogen) atoms. The predicted octanol–water partition coefficient (Wildman–Crippen LogP) is 2.05. The fourth-order valence-corrected chi connectivity index (χ4v) is 4.30. The summed E-state index contributed by atoms with van der Waals surface area (Å²) in [5, 5.41) is 1.54. The molecule has 1 fully saturated rings. The molecule has 0 aromatic rings. The van der Waals surface area contributed by atoms with Crippen LogP contribution < -0.4 is 0 Å². The van der Waals surface area contributed by atoms with E-state index < -0.39 is 0 Å². The SMILES string of the molecule is CC1(C)C(=O)SCC1C1=NCCS1. The summed E-state index contributed by atoms with van der Waals surface area (Å²) >= 11 is 3.29. The first-order valence-corrected chi connectivity index (χ1v) is 6.44. The van der Waals surface area contributed by atoms with E-state index in [0.29, 0.717) is 11.0 Å². The molecule has 4 heteroatoms.